The van der Waals surface area contributed by atoms with Crippen molar-refractivity contribution in [2.24, 2.45) is 28.4 Å². The summed E-state index contributed by atoms with van der Waals surface area (Å²) in [5.74, 6) is -3.31. The van der Waals surface area contributed by atoms with Crippen molar-refractivity contribution >= 4 is 17.5 Å². The van der Waals surface area contributed by atoms with Crippen molar-refractivity contribution in [1.29, 1.82) is 0 Å². The number of Topliss-reactive ketones (excluding diaryl/α,β-unsaturated/α-hetero) is 1. The molecule has 10 atom stereocenters. The Kier molecular flexibility index (Phi) is 6.58. The molecule has 0 aromatic carbocycles. The molecule has 0 aromatic rings. The first kappa shape index (κ1) is 28.5. The molecule has 1 saturated heterocycles. The van der Waals surface area contributed by atoms with Gasteiger partial charge in [0.15, 0.2) is 29.9 Å². The molecule has 1 heterocycles. The maximum absolute atomic E-state index is 17.5. The molecule has 4 fully saturated rings. The smallest absolute Gasteiger partial charge is 0.325 e. The average Bonchev–Trinajstić information content (AvgIpc) is 3.32. The fraction of sp³-hybridized carbons (Fsp3) is 0.759. The standard InChI is InChI=1S/C29H39F2NO7/c1-6-7-23-38-22-12-16-17-11-19(30)18-10-15(33)8-9-26(18,4)28(17,31)20(34)13-27(16,5)29(22,39-23)21(35)14-37-24(36)25(2,3)32/h8-10,16-17,19-20,22-23,34H,6-7,11-14,32H2,1-5H3/t16?,17?,19-,20?,22?,23?,26?,27?,28-,29?/m0/s1. The number of esters is 1. The first-order chi connectivity index (χ1) is 18.1. The van der Waals surface area contributed by atoms with E-state index in [1.165, 1.54) is 32.9 Å². The molecule has 1 aliphatic heterocycles. The maximum Gasteiger partial charge on any atom is 0.325 e. The number of hydrogen-bond acceptors (Lipinski definition) is 8. The number of carbonyl (C=O) groups is 3. The predicted molar refractivity (Wildman–Crippen MR) is 136 cm³/mol. The van der Waals surface area contributed by atoms with Crippen molar-refractivity contribution in [2.75, 3.05) is 6.61 Å². The van der Waals surface area contributed by atoms with Crippen molar-refractivity contribution in [1.82, 2.24) is 0 Å². The van der Waals surface area contributed by atoms with Crippen molar-refractivity contribution in [3.63, 3.8) is 0 Å². The van der Waals surface area contributed by atoms with Gasteiger partial charge in [-0.1, -0.05) is 26.3 Å². The second-order valence-corrected chi connectivity index (χ2v) is 13.0. The largest absolute Gasteiger partial charge is 0.456 e. The third-order valence-corrected chi connectivity index (χ3v) is 10.2. The van der Waals surface area contributed by atoms with E-state index in [0.717, 1.165) is 12.5 Å². The molecule has 0 bridgehead atoms. The van der Waals surface area contributed by atoms with Crippen LogP contribution in [0.25, 0.3) is 0 Å². The number of ketones is 2. The van der Waals surface area contributed by atoms with Gasteiger partial charge in [0.05, 0.1) is 12.2 Å². The summed E-state index contributed by atoms with van der Waals surface area (Å²) in [5, 5.41) is 11.6. The molecule has 216 valence electrons. The van der Waals surface area contributed by atoms with Gasteiger partial charge in [-0.2, -0.15) is 0 Å². The molecule has 0 spiro atoms. The van der Waals surface area contributed by atoms with E-state index in [0.29, 0.717) is 6.42 Å². The molecule has 5 aliphatic rings. The average molecular weight is 552 g/mol. The number of ether oxygens (including phenoxy) is 3. The lowest BCUT2D eigenvalue weighted by molar-refractivity contribution is -0.235. The molecule has 10 heteroatoms. The quantitative estimate of drug-likeness (QED) is 0.483. The first-order valence-electron chi connectivity index (χ1n) is 13.8. The van der Waals surface area contributed by atoms with Crippen molar-refractivity contribution in [3.05, 3.63) is 23.8 Å². The van der Waals surface area contributed by atoms with E-state index < -0.39 is 88.3 Å². The van der Waals surface area contributed by atoms with Gasteiger partial charge in [-0.05, 0) is 70.1 Å². The lowest BCUT2D eigenvalue weighted by atomic mass is 9.44. The van der Waals surface area contributed by atoms with Gasteiger partial charge in [-0.3, -0.25) is 14.4 Å². The number of halogens is 2. The van der Waals surface area contributed by atoms with Gasteiger partial charge in [-0.25, -0.2) is 8.78 Å². The Morgan fingerprint density at radius 1 is 1.26 bits per heavy atom. The molecule has 3 saturated carbocycles. The zero-order chi connectivity index (χ0) is 28.8. The number of nitrogens with two attached hydrogens (primary N) is 1. The zero-order valence-electron chi connectivity index (χ0n) is 23.2. The van der Waals surface area contributed by atoms with Gasteiger partial charge in [-0.15, -0.1) is 0 Å². The SMILES string of the molecule is CCCC1OC2CC3C4C[C@H](F)C5=CC(=O)C=CC5(C)[C@@]4(F)C(O)CC3(C)C2(C(=O)COC(=O)C(C)(C)N)O1. The van der Waals surface area contributed by atoms with Crippen LogP contribution < -0.4 is 5.73 Å². The lowest BCUT2D eigenvalue weighted by Gasteiger charge is -2.63. The van der Waals surface area contributed by atoms with Gasteiger partial charge >= 0.3 is 5.97 Å². The van der Waals surface area contributed by atoms with E-state index in [-0.39, 0.29) is 24.8 Å². The Hall–Kier alpha value is -2.01. The maximum atomic E-state index is 17.5. The molecular weight excluding hydrogens is 512 g/mol. The fourth-order valence-electron chi connectivity index (χ4n) is 8.31. The number of aliphatic hydroxyl groups excluding tert-OH is 1. The molecule has 3 N–H and O–H groups in total. The van der Waals surface area contributed by atoms with Gasteiger partial charge in [0.25, 0.3) is 0 Å². The van der Waals surface area contributed by atoms with Crippen LogP contribution in [0.5, 0.6) is 0 Å². The monoisotopic (exact) mass is 551 g/mol. The van der Waals surface area contributed by atoms with Gasteiger partial charge in [0, 0.05) is 16.7 Å². The number of rotatable bonds is 6. The van der Waals surface area contributed by atoms with E-state index in [1.54, 1.807) is 6.92 Å². The third-order valence-electron chi connectivity index (χ3n) is 10.2. The molecule has 39 heavy (non-hydrogen) atoms. The zero-order valence-corrected chi connectivity index (χ0v) is 23.2. The van der Waals surface area contributed by atoms with E-state index in [9.17, 15) is 19.5 Å². The molecule has 8 unspecified atom stereocenters. The van der Waals surface area contributed by atoms with Crippen LogP contribution in [-0.2, 0) is 28.6 Å². The van der Waals surface area contributed by atoms with Crippen LogP contribution in [0.3, 0.4) is 0 Å². The summed E-state index contributed by atoms with van der Waals surface area (Å²) in [7, 11) is 0. The van der Waals surface area contributed by atoms with Crippen LogP contribution >= 0.6 is 0 Å². The highest BCUT2D eigenvalue weighted by Crippen LogP contribution is 2.72. The van der Waals surface area contributed by atoms with Gasteiger partial charge in [0.2, 0.25) is 5.78 Å². The van der Waals surface area contributed by atoms with Gasteiger partial charge in [0.1, 0.15) is 11.7 Å². The van der Waals surface area contributed by atoms with Crippen LogP contribution in [0.2, 0.25) is 0 Å². The Balaban J connectivity index is 1.56. The van der Waals surface area contributed by atoms with E-state index in [1.807, 2.05) is 6.92 Å². The third kappa shape index (κ3) is 3.70. The Morgan fingerprint density at radius 2 is 1.95 bits per heavy atom. The second-order valence-electron chi connectivity index (χ2n) is 13.0. The van der Waals surface area contributed by atoms with Crippen LogP contribution in [-0.4, -0.2) is 70.7 Å². The highest BCUT2D eigenvalue weighted by Gasteiger charge is 2.80. The normalized spacial score (nSPS) is 46.6. The first-order valence-corrected chi connectivity index (χ1v) is 13.8. The Bertz CT molecular complexity index is 1150. The molecule has 0 amide bonds. The summed E-state index contributed by atoms with van der Waals surface area (Å²) in [4.78, 5) is 38.4. The molecule has 0 radical (unpaired) electrons. The van der Waals surface area contributed by atoms with Gasteiger partial charge < -0.3 is 25.1 Å². The number of fused-ring (bicyclic) bond motifs is 7. The van der Waals surface area contributed by atoms with E-state index in [4.69, 9.17) is 19.9 Å². The van der Waals surface area contributed by atoms with Crippen molar-refractivity contribution in [2.45, 2.75) is 108 Å². The summed E-state index contributed by atoms with van der Waals surface area (Å²) in [6, 6.07) is 0. The predicted octanol–water partition coefficient (Wildman–Crippen LogP) is 3.05. The van der Waals surface area contributed by atoms with Crippen LogP contribution in [0.1, 0.15) is 66.7 Å². The number of hydrogen-bond donors (Lipinski definition) is 2. The van der Waals surface area contributed by atoms with Crippen molar-refractivity contribution < 1.29 is 42.5 Å². The number of allylic oxidation sites excluding steroid dienone is 4. The topological polar surface area (TPSA) is 125 Å². The fourth-order valence-corrected chi connectivity index (χ4v) is 8.31. The van der Waals surface area contributed by atoms with Crippen LogP contribution in [0, 0.1) is 22.7 Å². The molecule has 4 aliphatic carbocycles. The minimum absolute atomic E-state index is 0.0344. The number of alkyl halides is 2. The molecular formula is C29H39F2NO7. The molecule has 8 nitrogen and oxygen atoms in total. The minimum Gasteiger partial charge on any atom is -0.456 e. The highest BCUT2D eigenvalue weighted by molar-refractivity contribution is 6.01. The lowest BCUT2D eigenvalue weighted by Crippen LogP contribution is -2.71. The van der Waals surface area contributed by atoms with Crippen molar-refractivity contribution in [3.8, 4) is 0 Å². The summed E-state index contributed by atoms with van der Waals surface area (Å²) >= 11 is 0. The summed E-state index contributed by atoms with van der Waals surface area (Å²) in [6.45, 7) is 7.55. The highest BCUT2D eigenvalue weighted by atomic mass is 19.1. The second kappa shape index (κ2) is 8.99. The Morgan fingerprint density at radius 3 is 2.59 bits per heavy atom. The van der Waals surface area contributed by atoms with Crippen LogP contribution in [0.15, 0.2) is 23.8 Å². The summed E-state index contributed by atoms with van der Waals surface area (Å²) in [5.41, 5.74) is -2.05. The number of carbonyl (C=O) groups excluding carboxylic acids is 3. The molecule has 0 aromatic heterocycles. The number of aliphatic hydroxyl groups is 1. The minimum atomic E-state index is -2.29. The summed E-state index contributed by atoms with van der Waals surface area (Å²) in [6.07, 6.45) is 0.116. The molecule has 5 rings (SSSR count). The van der Waals surface area contributed by atoms with Crippen LogP contribution in [0.4, 0.5) is 8.78 Å². The summed E-state index contributed by atoms with van der Waals surface area (Å²) < 4.78 is 51.1. The Labute approximate surface area is 227 Å². The van der Waals surface area contributed by atoms with E-state index in [2.05, 4.69) is 0 Å². The van der Waals surface area contributed by atoms with E-state index >= 15 is 8.78 Å².